The molecule has 11 nitrogen and oxygen atoms in total. The fourth-order valence-electron chi connectivity index (χ4n) is 6.47. The molecular formula is C32H39FN8O3. The molecule has 4 aromatic rings. The number of aromatic nitrogens is 3. The lowest BCUT2D eigenvalue weighted by Gasteiger charge is -2.41. The molecule has 2 fully saturated rings. The van der Waals surface area contributed by atoms with Crippen LogP contribution in [0.4, 0.5) is 26.4 Å². The summed E-state index contributed by atoms with van der Waals surface area (Å²) < 4.78 is 28.2. The normalized spacial score (nSPS) is 19.5. The summed E-state index contributed by atoms with van der Waals surface area (Å²) in [4.78, 5) is 26.6. The summed E-state index contributed by atoms with van der Waals surface area (Å²) in [6, 6.07) is 9.98. The number of hydrogen-bond donors (Lipinski definition) is 3. The minimum absolute atomic E-state index is 0.0308. The first kappa shape index (κ1) is 29.6. The Morgan fingerprint density at radius 3 is 2.36 bits per heavy atom. The van der Waals surface area contributed by atoms with E-state index in [1.165, 1.54) is 32.7 Å². The van der Waals surface area contributed by atoms with Gasteiger partial charge in [-0.25, -0.2) is 19.2 Å². The van der Waals surface area contributed by atoms with Crippen molar-refractivity contribution in [2.75, 3.05) is 63.8 Å². The summed E-state index contributed by atoms with van der Waals surface area (Å²) in [5.74, 6) is 0.756. The van der Waals surface area contributed by atoms with Crippen molar-refractivity contribution < 1.29 is 18.7 Å². The highest BCUT2D eigenvalue weighted by Gasteiger charge is 2.30. The second kappa shape index (κ2) is 12.7. The van der Waals surface area contributed by atoms with E-state index in [0.717, 1.165) is 63.1 Å². The summed E-state index contributed by atoms with van der Waals surface area (Å²) in [6.07, 6.45) is 7.84. The van der Waals surface area contributed by atoms with E-state index in [2.05, 4.69) is 42.0 Å². The fraction of sp³-hybridized carbons (Fsp3) is 0.406. The van der Waals surface area contributed by atoms with Gasteiger partial charge in [-0.1, -0.05) is 6.07 Å². The number of carbonyl (C=O) groups excluding carboxylic acids is 1. The zero-order valence-electron chi connectivity index (χ0n) is 25.3. The zero-order valence-corrected chi connectivity index (χ0v) is 25.3. The van der Waals surface area contributed by atoms with Crippen molar-refractivity contribution in [3.8, 4) is 22.6 Å². The van der Waals surface area contributed by atoms with E-state index in [0.29, 0.717) is 40.0 Å². The molecule has 4 N–H and O–H groups in total. The first-order valence-corrected chi connectivity index (χ1v) is 15.0. The Bertz CT molecular complexity index is 1640. The number of amides is 2. The van der Waals surface area contributed by atoms with Crippen molar-refractivity contribution in [3.63, 3.8) is 0 Å². The highest BCUT2D eigenvalue weighted by atomic mass is 19.1. The fourth-order valence-corrected chi connectivity index (χ4v) is 6.47. The van der Waals surface area contributed by atoms with E-state index >= 15 is 4.39 Å². The van der Waals surface area contributed by atoms with Crippen LogP contribution in [0, 0.1) is 5.82 Å². The van der Waals surface area contributed by atoms with Crippen LogP contribution < -0.4 is 25.8 Å². The Kier molecular flexibility index (Phi) is 8.53. The Morgan fingerprint density at radius 1 is 0.932 bits per heavy atom. The molecule has 2 aromatic heterocycles. The third-order valence-corrected chi connectivity index (χ3v) is 8.94. The first-order valence-electron chi connectivity index (χ1n) is 15.0. The molecule has 2 aliphatic rings. The maximum atomic E-state index is 15.4. The van der Waals surface area contributed by atoms with Crippen LogP contribution in [-0.2, 0) is 0 Å². The minimum Gasteiger partial charge on any atom is -0.497 e. The molecule has 0 atom stereocenters. The van der Waals surface area contributed by atoms with Crippen LogP contribution in [0.25, 0.3) is 22.2 Å². The highest BCUT2D eigenvalue weighted by Crippen LogP contribution is 2.39. The largest absolute Gasteiger partial charge is 0.497 e. The molecule has 0 unspecified atom stereocenters. The quantitative estimate of drug-likeness (QED) is 0.264. The number of piperazine rings is 1. The summed E-state index contributed by atoms with van der Waals surface area (Å²) in [5, 5.41) is 5.98. The second-order valence-electron chi connectivity index (χ2n) is 11.5. The van der Waals surface area contributed by atoms with Gasteiger partial charge in [-0.2, -0.15) is 0 Å². The van der Waals surface area contributed by atoms with Crippen molar-refractivity contribution in [2.45, 2.75) is 37.8 Å². The molecule has 1 aliphatic carbocycles. The number of hydrogen-bond acceptors (Lipinski definition) is 8. The van der Waals surface area contributed by atoms with E-state index in [9.17, 15) is 4.79 Å². The van der Waals surface area contributed by atoms with Crippen molar-refractivity contribution in [1.29, 1.82) is 0 Å². The third-order valence-electron chi connectivity index (χ3n) is 8.94. The van der Waals surface area contributed by atoms with Crippen LogP contribution in [0.15, 0.2) is 48.9 Å². The smallest absolute Gasteiger partial charge is 0.323 e. The molecule has 0 bridgehead atoms. The number of rotatable bonds is 7. The molecule has 232 valence electrons. The van der Waals surface area contributed by atoms with Gasteiger partial charge in [0.2, 0.25) is 0 Å². The van der Waals surface area contributed by atoms with Gasteiger partial charge in [-0.3, -0.25) is 4.90 Å². The lowest BCUT2D eigenvalue weighted by atomic mass is 9.89. The number of nitrogen functional groups attached to an aromatic ring is 1. The molecular weight excluding hydrogens is 563 g/mol. The maximum Gasteiger partial charge on any atom is 0.323 e. The summed E-state index contributed by atoms with van der Waals surface area (Å²) in [6.45, 7) is 4.49. The summed E-state index contributed by atoms with van der Waals surface area (Å²) in [5.41, 5.74) is 8.93. The number of anilines is 3. The van der Waals surface area contributed by atoms with Crippen molar-refractivity contribution in [3.05, 3.63) is 54.7 Å². The van der Waals surface area contributed by atoms with E-state index in [1.54, 1.807) is 24.3 Å². The SMILES string of the molecule is COc1ccc(OC)c(NC(=O)Nc2ccc(-c3cn(C4CCC(N5CCN(C)CC5)CC4)c4ncnc(N)c34)cc2F)c1. The molecule has 2 aromatic carbocycles. The van der Waals surface area contributed by atoms with Crippen LogP contribution in [0.2, 0.25) is 0 Å². The molecule has 1 aliphatic heterocycles. The predicted molar refractivity (Wildman–Crippen MR) is 170 cm³/mol. The summed E-state index contributed by atoms with van der Waals surface area (Å²) >= 11 is 0. The molecule has 1 saturated carbocycles. The number of carbonyl (C=O) groups is 1. The van der Waals surface area contributed by atoms with Crippen LogP contribution in [0.1, 0.15) is 31.7 Å². The summed E-state index contributed by atoms with van der Waals surface area (Å²) in [7, 11) is 5.21. The van der Waals surface area contributed by atoms with Crippen molar-refractivity contribution in [2.24, 2.45) is 0 Å². The standard InChI is InChI=1S/C32H39FN8O3/c1-39-12-14-40(15-13-39)21-5-7-22(8-6-21)41-18-24(29-30(34)35-19-36-31(29)41)20-4-10-26(25(33)16-20)37-32(42)38-27-17-23(43-2)9-11-28(27)44-3/h4,9-11,16-19,21-22H,5-8,12-15H2,1-3H3,(H2,34,35,36)(H2,37,38,42). The van der Waals surface area contributed by atoms with E-state index in [-0.39, 0.29) is 11.7 Å². The Labute approximate surface area is 256 Å². The second-order valence-corrected chi connectivity index (χ2v) is 11.5. The van der Waals surface area contributed by atoms with Gasteiger partial charge >= 0.3 is 6.03 Å². The lowest BCUT2D eigenvalue weighted by Crippen LogP contribution is -2.49. The van der Waals surface area contributed by atoms with Crippen LogP contribution in [-0.4, -0.2) is 83.9 Å². The number of likely N-dealkylation sites (N-methyl/N-ethyl adjacent to an activating group) is 1. The number of benzene rings is 2. The number of nitrogens with zero attached hydrogens (tertiary/aromatic N) is 5. The molecule has 2 amide bonds. The van der Waals surface area contributed by atoms with Crippen molar-refractivity contribution >= 4 is 34.3 Å². The van der Waals surface area contributed by atoms with Gasteiger partial charge in [0.25, 0.3) is 0 Å². The number of urea groups is 1. The maximum absolute atomic E-state index is 15.4. The molecule has 3 heterocycles. The third kappa shape index (κ3) is 6.00. The van der Waals surface area contributed by atoms with Gasteiger partial charge in [0, 0.05) is 56.1 Å². The average Bonchev–Trinajstić information content (AvgIpc) is 3.43. The Hall–Kier alpha value is -4.42. The predicted octanol–water partition coefficient (Wildman–Crippen LogP) is 5.21. The number of nitrogens with two attached hydrogens (primary N) is 1. The zero-order chi connectivity index (χ0) is 30.8. The number of ether oxygens (including phenoxy) is 2. The molecule has 6 rings (SSSR count). The van der Waals surface area contributed by atoms with Gasteiger partial charge in [0.05, 0.1) is 31.0 Å². The molecule has 0 radical (unpaired) electrons. The van der Waals surface area contributed by atoms with E-state index < -0.39 is 11.8 Å². The lowest BCUT2D eigenvalue weighted by molar-refractivity contribution is 0.0828. The van der Waals surface area contributed by atoms with Crippen LogP contribution in [0.3, 0.4) is 0 Å². The molecule has 44 heavy (non-hydrogen) atoms. The molecule has 0 spiro atoms. The number of halogens is 1. The molecule has 12 heteroatoms. The van der Waals surface area contributed by atoms with Gasteiger partial charge in [0.1, 0.15) is 35.1 Å². The van der Waals surface area contributed by atoms with E-state index in [1.807, 2.05) is 6.20 Å². The van der Waals surface area contributed by atoms with Gasteiger partial charge in [-0.15, -0.1) is 0 Å². The minimum atomic E-state index is -0.621. The number of fused-ring (bicyclic) bond motifs is 1. The van der Waals surface area contributed by atoms with Crippen LogP contribution in [0.5, 0.6) is 11.5 Å². The van der Waals surface area contributed by atoms with Crippen LogP contribution >= 0.6 is 0 Å². The average molecular weight is 603 g/mol. The van der Waals surface area contributed by atoms with Gasteiger partial charge < -0.3 is 35.3 Å². The van der Waals surface area contributed by atoms with E-state index in [4.69, 9.17) is 15.2 Å². The van der Waals surface area contributed by atoms with Gasteiger partial charge in [-0.05, 0) is 62.6 Å². The Morgan fingerprint density at radius 2 is 1.66 bits per heavy atom. The topological polar surface area (TPSA) is 123 Å². The highest BCUT2D eigenvalue weighted by molar-refractivity contribution is 6.02. The molecule has 1 saturated heterocycles. The number of nitrogens with one attached hydrogen (secondary N) is 2. The van der Waals surface area contributed by atoms with Crippen molar-refractivity contribution in [1.82, 2.24) is 24.3 Å². The van der Waals surface area contributed by atoms with Gasteiger partial charge in [0.15, 0.2) is 0 Å². The Balaban J connectivity index is 1.20. The first-order chi connectivity index (χ1) is 21.3. The monoisotopic (exact) mass is 602 g/mol. The number of methoxy groups -OCH3 is 2.